The second-order valence-electron chi connectivity index (χ2n) is 3.31. The Balaban J connectivity index is 2.25. The molecular formula is C12H8BrClN2O. The van der Waals surface area contributed by atoms with Gasteiger partial charge in [0.1, 0.15) is 11.4 Å². The van der Waals surface area contributed by atoms with Crippen LogP contribution in [-0.2, 0) is 0 Å². The number of phenolic OH excluding ortho intramolecular Hbond substituents is 1. The molecule has 2 rings (SSSR count). The average Bonchev–Trinajstić information content (AvgIpc) is 2.32. The minimum Gasteiger partial charge on any atom is -0.506 e. The summed E-state index contributed by atoms with van der Waals surface area (Å²) in [5, 5.41) is 18.0. The summed E-state index contributed by atoms with van der Waals surface area (Å²) in [7, 11) is 0. The fourth-order valence-electron chi connectivity index (χ4n) is 1.20. The number of hydrogen-bond donors (Lipinski definition) is 1. The molecule has 0 saturated heterocycles. The number of phenols is 1. The molecule has 0 amide bonds. The summed E-state index contributed by atoms with van der Waals surface area (Å²) in [6, 6.07) is 12.0. The lowest BCUT2D eigenvalue weighted by Gasteiger charge is -1.98. The third-order valence-electron chi connectivity index (χ3n) is 2.04. The molecule has 0 heterocycles. The largest absolute Gasteiger partial charge is 0.506 e. The van der Waals surface area contributed by atoms with E-state index in [-0.39, 0.29) is 5.75 Å². The van der Waals surface area contributed by atoms with E-state index in [1.54, 1.807) is 12.1 Å². The lowest BCUT2D eigenvalue weighted by Crippen LogP contribution is -1.69. The molecule has 0 aliphatic heterocycles. The molecule has 0 unspecified atom stereocenters. The van der Waals surface area contributed by atoms with Gasteiger partial charge in [0, 0.05) is 9.50 Å². The zero-order valence-electron chi connectivity index (χ0n) is 8.64. The van der Waals surface area contributed by atoms with Gasteiger partial charge in [-0.25, -0.2) is 0 Å². The van der Waals surface area contributed by atoms with Gasteiger partial charge in [0.15, 0.2) is 0 Å². The molecule has 5 heteroatoms. The van der Waals surface area contributed by atoms with Crippen LogP contribution in [0.15, 0.2) is 57.2 Å². The van der Waals surface area contributed by atoms with Gasteiger partial charge in [-0.3, -0.25) is 0 Å². The second kappa shape index (κ2) is 5.29. The first kappa shape index (κ1) is 12.1. The van der Waals surface area contributed by atoms with Gasteiger partial charge in [0.05, 0.1) is 5.69 Å². The maximum Gasteiger partial charge on any atom is 0.143 e. The Morgan fingerprint density at radius 3 is 2.41 bits per heavy atom. The van der Waals surface area contributed by atoms with Gasteiger partial charge in [-0.05, 0) is 42.5 Å². The molecule has 0 bridgehead atoms. The van der Waals surface area contributed by atoms with Crippen molar-refractivity contribution in [3.8, 4) is 5.75 Å². The van der Waals surface area contributed by atoms with Gasteiger partial charge >= 0.3 is 0 Å². The Morgan fingerprint density at radius 1 is 1.00 bits per heavy atom. The highest BCUT2D eigenvalue weighted by Crippen LogP contribution is 2.30. The molecule has 0 atom stereocenters. The van der Waals surface area contributed by atoms with E-state index in [2.05, 4.69) is 26.2 Å². The monoisotopic (exact) mass is 310 g/mol. The van der Waals surface area contributed by atoms with Crippen LogP contribution in [0.1, 0.15) is 0 Å². The number of hydrogen-bond acceptors (Lipinski definition) is 3. The van der Waals surface area contributed by atoms with Crippen LogP contribution >= 0.6 is 27.5 Å². The number of halogens is 2. The van der Waals surface area contributed by atoms with Crippen molar-refractivity contribution in [3.63, 3.8) is 0 Å². The highest BCUT2D eigenvalue weighted by molar-refractivity contribution is 9.10. The highest BCUT2D eigenvalue weighted by atomic mass is 79.9. The van der Waals surface area contributed by atoms with E-state index >= 15 is 0 Å². The smallest absolute Gasteiger partial charge is 0.143 e. The van der Waals surface area contributed by atoms with Crippen LogP contribution in [-0.4, -0.2) is 5.11 Å². The molecule has 86 valence electrons. The van der Waals surface area contributed by atoms with E-state index in [4.69, 9.17) is 11.6 Å². The van der Waals surface area contributed by atoms with Gasteiger partial charge in [-0.1, -0.05) is 27.5 Å². The maximum absolute atomic E-state index is 9.54. The molecule has 0 radical (unpaired) electrons. The minimum atomic E-state index is 0.0512. The second-order valence-corrected chi connectivity index (χ2v) is 4.66. The van der Waals surface area contributed by atoms with E-state index in [1.807, 2.05) is 24.3 Å². The Bertz CT molecular complexity index is 555. The first-order valence-corrected chi connectivity index (χ1v) is 5.98. The third kappa shape index (κ3) is 3.28. The van der Waals surface area contributed by atoms with Crippen LogP contribution < -0.4 is 0 Å². The number of aromatic hydroxyl groups is 1. The number of benzene rings is 2. The van der Waals surface area contributed by atoms with Gasteiger partial charge in [-0.15, -0.1) is 5.11 Å². The normalized spacial score (nSPS) is 10.9. The van der Waals surface area contributed by atoms with Crippen molar-refractivity contribution in [2.45, 2.75) is 0 Å². The number of azo groups is 1. The molecule has 0 aliphatic carbocycles. The molecule has 2 aromatic rings. The zero-order chi connectivity index (χ0) is 12.3. The third-order valence-corrected chi connectivity index (χ3v) is 2.80. The summed E-state index contributed by atoms with van der Waals surface area (Å²) in [4.78, 5) is 0. The van der Waals surface area contributed by atoms with Crippen LogP contribution in [0.5, 0.6) is 5.75 Å². The van der Waals surface area contributed by atoms with Gasteiger partial charge in [0.2, 0.25) is 0 Å². The zero-order valence-corrected chi connectivity index (χ0v) is 11.0. The van der Waals surface area contributed by atoms with Gasteiger partial charge < -0.3 is 5.11 Å². The van der Waals surface area contributed by atoms with Crippen LogP contribution in [0.3, 0.4) is 0 Å². The quantitative estimate of drug-likeness (QED) is 0.759. The van der Waals surface area contributed by atoms with Gasteiger partial charge in [-0.2, -0.15) is 5.11 Å². The first-order valence-electron chi connectivity index (χ1n) is 4.81. The minimum absolute atomic E-state index is 0.0512. The lowest BCUT2D eigenvalue weighted by molar-refractivity contribution is 0.476. The molecule has 17 heavy (non-hydrogen) atoms. The Labute approximate surface area is 112 Å². The van der Waals surface area contributed by atoms with Crippen molar-refractivity contribution in [2.75, 3.05) is 0 Å². The lowest BCUT2D eigenvalue weighted by atomic mass is 10.3. The molecular weight excluding hydrogens is 304 g/mol. The molecule has 2 aromatic carbocycles. The number of rotatable bonds is 2. The van der Waals surface area contributed by atoms with E-state index in [9.17, 15) is 5.11 Å². The summed E-state index contributed by atoms with van der Waals surface area (Å²) < 4.78 is 0.974. The van der Waals surface area contributed by atoms with E-state index < -0.39 is 0 Å². The summed E-state index contributed by atoms with van der Waals surface area (Å²) in [5.74, 6) is 0.0512. The van der Waals surface area contributed by atoms with Crippen molar-refractivity contribution in [2.24, 2.45) is 10.2 Å². The molecule has 0 spiro atoms. The summed E-state index contributed by atoms with van der Waals surface area (Å²) in [6.45, 7) is 0. The fourth-order valence-corrected chi connectivity index (χ4v) is 1.63. The van der Waals surface area contributed by atoms with Crippen LogP contribution in [0.25, 0.3) is 0 Å². The Kier molecular flexibility index (Phi) is 3.76. The topological polar surface area (TPSA) is 45.0 Å². The summed E-state index contributed by atoms with van der Waals surface area (Å²) in [6.07, 6.45) is 0. The van der Waals surface area contributed by atoms with Crippen molar-refractivity contribution >= 4 is 38.9 Å². The molecule has 3 nitrogen and oxygen atoms in total. The van der Waals surface area contributed by atoms with Crippen molar-refractivity contribution in [3.05, 3.63) is 52.0 Å². The first-order chi connectivity index (χ1) is 8.15. The van der Waals surface area contributed by atoms with Crippen LogP contribution in [0.2, 0.25) is 5.02 Å². The standard InChI is InChI=1S/C12H8BrClN2O/c13-8-1-4-10(5-2-8)15-16-11-7-9(14)3-6-12(11)17/h1-7,17H. The summed E-state index contributed by atoms with van der Waals surface area (Å²) in [5.41, 5.74) is 1.05. The summed E-state index contributed by atoms with van der Waals surface area (Å²) >= 11 is 9.13. The van der Waals surface area contributed by atoms with Crippen molar-refractivity contribution < 1.29 is 5.11 Å². The molecule has 0 saturated carbocycles. The highest BCUT2D eigenvalue weighted by Gasteiger charge is 2.00. The Hall–Kier alpha value is -1.39. The molecule has 1 N–H and O–H groups in total. The molecule has 0 aromatic heterocycles. The van der Waals surface area contributed by atoms with E-state index in [0.29, 0.717) is 16.4 Å². The molecule has 0 aliphatic rings. The predicted octanol–water partition coefficient (Wildman–Crippen LogP) is 5.22. The van der Waals surface area contributed by atoms with Crippen molar-refractivity contribution in [1.82, 2.24) is 0 Å². The van der Waals surface area contributed by atoms with E-state index in [1.165, 1.54) is 6.07 Å². The number of nitrogens with zero attached hydrogens (tertiary/aromatic N) is 2. The molecule has 0 fully saturated rings. The average molecular weight is 312 g/mol. The van der Waals surface area contributed by atoms with Crippen LogP contribution in [0.4, 0.5) is 11.4 Å². The van der Waals surface area contributed by atoms with Crippen molar-refractivity contribution in [1.29, 1.82) is 0 Å². The Morgan fingerprint density at radius 2 is 1.71 bits per heavy atom. The predicted molar refractivity (Wildman–Crippen MR) is 71.4 cm³/mol. The van der Waals surface area contributed by atoms with Crippen LogP contribution in [0, 0.1) is 0 Å². The van der Waals surface area contributed by atoms with E-state index in [0.717, 1.165) is 4.47 Å². The maximum atomic E-state index is 9.54. The van der Waals surface area contributed by atoms with Gasteiger partial charge in [0.25, 0.3) is 0 Å². The SMILES string of the molecule is Oc1ccc(Cl)cc1N=Nc1ccc(Br)cc1. The fraction of sp³-hybridized carbons (Fsp3) is 0.